The molecule has 1 N–H and O–H groups in total. The van der Waals surface area contributed by atoms with Crippen LogP contribution in [0.15, 0.2) is 5.16 Å². The molecule has 1 aliphatic heterocycles. The van der Waals surface area contributed by atoms with Crippen LogP contribution >= 0.6 is 0 Å². The first kappa shape index (κ1) is 8.49. The first-order valence-electron chi connectivity index (χ1n) is 3.96. The molecule has 1 aliphatic rings. The van der Waals surface area contributed by atoms with Crippen LogP contribution in [0, 0.1) is 0 Å². The molecule has 0 radical (unpaired) electrons. The summed E-state index contributed by atoms with van der Waals surface area (Å²) in [6.07, 6.45) is 1.65. The zero-order valence-corrected chi connectivity index (χ0v) is 6.92. The van der Waals surface area contributed by atoms with Crippen molar-refractivity contribution in [1.82, 2.24) is 10.2 Å². The molecule has 0 aromatic rings. The zero-order valence-electron chi connectivity index (χ0n) is 6.92. The van der Waals surface area contributed by atoms with Gasteiger partial charge >= 0.3 is 0 Å². The van der Waals surface area contributed by atoms with E-state index in [4.69, 9.17) is 4.84 Å². The van der Waals surface area contributed by atoms with Gasteiger partial charge in [0, 0.05) is 32.4 Å². The monoisotopic (exact) mass is 157 g/mol. The summed E-state index contributed by atoms with van der Waals surface area (Å²) in [5.74, 6) is 0. The van der Waals surface area contributed by atoms with Gasteiger partial charge < -0.3 is 10.2 Å². The number of rotatable bonds is 3. The highest BCUT2D eigenvalue weighted by molar-refractivity contribution is 5.52. The number of hydrogen-bond acceptors (Lipinski definition) is 4. The minimum absolute atomic E-state index is 0.617. The van der Waals surface area contributed by atoms with Gasteiger partial charge in [-0.05, 0) is 6.92 Å². The van der Waals surface area contributed by atoms with E-state index in [9.17, 15) is 0 Å². The smallest absolute Gasteiger partial charge is 0.170 e. The lowest BCUT2D eigenvalue weighted by molar-refractivity contribution is 0.0268. The van der Waals surface area contributed by atoms with Crippen molar-refractivity contribution in [3.63, 3.8) is 0 Å². The van der Waals surface area contributed by atoms with E-state index in [-0.39, 0.29) is 0 Å². The number of oxime groups is 1. The molecular formula is C7H15N3O. The van der Waals surface area contributed by atoms with Crippen LogP contribution < -0.4 is 5.32 Å². The SMILES string of the molecule is CC=NOCN1CCNCC1. The predicted octanol–water partition coefficient (Wildman–Crippen LogP) is -0.129. The van der Waals surface area contributed by atoms with E-state index in [2.05, 4.69) is 15.4 Å². The molecule has 0 amide bonds. The normalized spacial score (nSPS) is 20.8. The lowest BCUT2D eigenvalue weighted by Crippen LogP contribution is -2.44. The van der Waals surface area contributed by atoms with Gasteiger partial charge in [-0.2, -0.15) is 0 Å². The Hall–Kier alpha value is -0.610. The van der Waals surface area contributed by atoms with E-state index in [0.29, 0.717) is 6.73 Å². The van der Waals surface area contributed by atoms with Crippen molar-refractivity contribution in [2.75, 3.05) is 32.9 Å². The fourth-order valence-electron chi connectivity index (χ4n) is 1.03. The van der Waals surface area contributed by atoms with Crippen LogP contribution in [0.3, 0.4) is 0 Å². The lowest BCUT2D eigenvalue weighted by Gasteiger charge is -2.25. The molecule has 64 valence electrons. The summed E-state index contributed by atoms with van der Waals surface area (Å²) >= 11 is 0. The van der Waals surface area contributed by atoms with Gasteiger partial charge in [-0.3, -0.25) is 4.90 Å². The van der Waals surface area contributed by atoms with Crippen molar-refractivity contribution in [2.24, 2.45) is 5.16 Å². The molecule has 1 fully saturated rings. The zero-order chi connectivity index (χ0) is 7.94. The van der Waals surface area contributed by atoms with Crippen LogP contribution in [0.5, 0.6) is 0 Å². The third kappa shape index (κ3) is 3.34. The Kier molecular flexibility index (Phi) is 3.93. The summed E-state index contributed by atoms with van der Waals surface area (Å²) in [4.78, 5) is 7.22. The molecule has 0 atom stereocenters. The molecule has 0 spiro atoms. The summed E-state index contributed by atoms with van der Waals surface area (Å²) in [6, 6.07) is 0. The third-order valence-electron chi connectivity index (χ3n) is 1.63. The first-order valence-corrected chi connectivity index (χ1v) is 3.96. The maximum atomic E-state index is 4.99. The van der Waals surface area contributed by atoms with Crippen molar-refractivity contribution in [3.05, 3.63) is 0 Å². The molecule has 4 heteroatoms. The molecule has 0 aromatic carbocycles. The fourth-order valence-corrected chi connectivity index (χ4v) is 1.03. The Labute approximate surface area is 67.2 Å². The minimum atomic E-state index is 0.617. The molecule has 0 bridgehead atoms. The first-order chi connectivity index (χ1) is 5.43. The van der Waals surface area contributed by atoms with Gasteiger partial charge in [0.25, 0.3) is 0 Å². The second-order valence-corrected chi connectivity index (χ2v) is 2.49. The van der Waals surface area contributed by atoms with Gasteiger partial charge in [0.1, 0.15) is 0 Å². The van der Waals surface area contributed by atoms with E-state index in [1.54, 1.807) is 6.21 Å². The Bertz CT molecular complexity index is 121. The quantitative estimate of drug-likeness (QED) is 0.458. The summed E-state index contributed by atoms with van der Waals surface area (Å²) in [5, 5.41) is 6.95. The largest absolute Gasteiger partial charge is 0.380 e. The summed E-state index contributed by atoms with van der Waals surface area (Å²) in [6.45, 7) is 6.68. The third-order valence-corrected chi connectivity index (χ3v) is 1.63. The summed E-state index contributed by atoms with van der Waals surface area (Å²) < 4.78 is 0. The van der Waals surface area contributed by atoms with Crippen LogP contribution in [-0.2, 0) is 4.84 Å². The van der Waals surface area contributed by atoms with E-state index in [0.717, 1.165) is 26.2 Å². The molecule has 0 aliphatic carbocycles. The second kappa shape index (κ2) is 5.09. The van der Waals surface area contributed by atoms with Crippen LogP contribution in [0.25, 0.3) is 0 Å². The second-order valence-electron chi connectivity index (χ2n) is 2.49. The lowest BCUT2D eigenvalue weighted by atomic mass is 10.4. The topological polar surface area (TPSA) is 36.9 Å². The van der Waals surface area contributed by atoms with Crippen molar-refractivity contribution in [1.29, 1.82) is 0 Å². The highest BCUT2D eigenvalue weighted by atomic mass is 16.6. The Balaban J connectivity index is 2.04. The predicted molar refractivity (Wildman–Crippen MR) is 44.6 cm³/mol. The van der Waals surface area contributed by atoms with Gasteiger partial charge in [-0.1, -0.05) is 5.16 Å². The Morgan fingerprint density at radius 1 is 1.55 bits per heavy atom. The number of nitrogens with zero attached hydrogens (tertiary/aromatic N) is 2. The van der Waals surface area contributed by atoms with Crippen molar-refractivity contribution in [3.8, 4) is 0 Å². The van der Waals surface area contributed by atoms with Gasteiger partial charge in [-0.25, -0.2) is 0 Å². The average molecular weight is 157 g/mol. The van der Waals surface area contributed by atoms with Crippen LogP contribution in [0.4, 0.5) is 0 Å². The van der Waals surface area contributed by atoms with Crippen LogP contribution in [0.1, 0.15) is 6.92 Å². The highest BCUT2D eigenvalue weighted by Crippen LogP contribution is 1.91. The number of piperazine rings is 1. The molecule has 0 saturated carbocycles. The molecule has 0 aromatic heterocycles. The number of hydrogen-bond donors (Lipinski definition) is 1. The fraction of sp³-hybridized carbons (Fsp3) is 0.857. The Morgan fingerprint density at radius 3 is 2.91 bits per heavy atom. The van der Waals surface area contributed by atoms with Gasteiger partial charge in [-0.15, -0.1) is 0 Å². The van der Waals surface area contributed by atoms with Gasteiger partial charge in [0.15, 0.2) is 6.73 Å². The molecule has 4 nitrogen and oxygen atoms in total. The standard InChI is InChI=1S/C7H15N3O/c1-2-9-11-7-10-5-3-8-4-6-10/h2,8H,3-7H2,1H3. The van der Waals surface area contributed by atoms with E-state index in [1.807, 2.05) is 6.92 Å². The highest BCUT2D eigenvalue weighted by Gasteiger charge is 2.08. The summed E-state index contributed by atoms with van der Waals surface area (Å²) in [5.41, 5.74) is 0. The van der Waals surface area contributed by atoms with Crippen LogP contribution in [-0.4, -0.2) is 44.0 Å². The van der Waals surface area contributed by atoms with Gasteiger partial charge in [0.05, 0.1) is 0 Å². The number of nitrogens with one attached hydrogen (secondary N) is 1. The minimum Gasteiger partial charge on any atom is -0.380 e. The van der Waals surface area contributed by atoms with Crippen molar-refractivity contribution >= 4 is 6.21 Å². The molecular weight excluding hydrogens is 142 g/mol. The van der Waals surface area contributed by atoms with Crippen LogP contribution in [0.2, 0.25) is 0 Å². The van der Waals surface area contributed by atoms with Crippen molar-refractivity contribution in [2.45, 2.75) is 6.92 Å². The molecule has 11 heavy (non-hydrogen) atoms. The van der Waals surface area contributed by atoms with E-state index in [1.165, 1.54) is 0 Å². The van der Waals surface area contributed by atoms with E-state index < -0.39 is 0 Å². The maximum Gasteiger partial charge on any atom is 0.170 e. The molecule has 1 saturated heterocycles. The average Bonchev–Trinajstić information content (AvgIpc) is 2.07. The molecule has 1 rings (SSSR count). The summed E-state index contributed by atoms with van der Waals surface area (Å²) in [7, 11) is 0. The van der Waals surface area contributed by atoms with E-state index >= 15 is 0 Å². The Morgan fingerprint density at radius 2 is 2.27 bits per heavy atom. The van der Waals surface area contributed by atoms with Gasteiger partial charge in [0.2, 0.25) is 0 Å². The molecule has 0 unspecified atom stereocenters. The van der Waals surface area contributed by atoms with Crippen molar-refractivity contribution < 1.29 is 4.84 Å². The maximum absolute atomic E-state index is 4.99. The molecule has 1 heterocycles.